The maximum atomic E-state index is 13.2. The Kier molecular flexibility index (Phi) is 6.34. The molecule has 3 atom stereocenters. The molecule has 0 aliphatic heterocycles. The van der Waals surface area contributed by atoms with Gasteiger partial charge in [-0.3, -0.25) is 9.78 Å². The first kappa shape index (κ1) is 23.5. The fraction of sp³-hybridized carbons (Fsp3) is 0.375. The number of carbonyl (C=O) groups is 1. The minimum Gasteiger partial charge on any atom is -0.378 e. The summed E-state index contributed by atoms with van der Waals surface area (Å²) >= 11 is 0. The number of hydrogen-bond donors (Lipinski definition) is 1. The second-order valence-corrected chi connectivity index (χ2v) is 10.5. The van der Waals surface area contributed by atoms with Crippen molar-refractivity contribution < 1.29 is 9.90 Å². The minimum atomic E-state index is -1.02. The first-order valence-electron chi connectivity index (χ1n) is 12.7. The number of nitrogens with zero attached hydrogens (tertiary/aromatic N) is 1. The lowest BCUT2D eigenvalue weighted by atomic mass is 9.56. The van der Waals surface area contributed by atoms with Crippen molar-refractivity contribution in [1.29, 1.82) is 0 Å². The van der Waals surface area contributed by atoms with Crippen LogP contribution in [0, 0.1) is 25.2 Å². The maximum absolute atomic E-state index is 13.2. The maximum Gasteiger partial charge on any atom is 0.167 e. The molecule has 3 nitrogen and oxygen atoms in total. The van der Waals surface area contributed by atoms with Crippen LogP contribution < -0.4 is 0 Å². The van der Waals surface area contributed by atoms with E-state index in [0.717, 1.165) is 48.9 Å². The molecule has 5 rings (SSSR count). The van der Waals surface area contributed by atoms with Gasteiger partial charge in [0.05, 0.1) is 0 Å². The Hall–Kier alpha value is -3.22. The molecule has 3 aromatic rings. The van der Waals surface area contributed by atoms with Gasteiger partial charge in [0.25, 0.3) is 0 Å². The van der Waals surface area contributed by atoms with Gasteiger partial charge in [-0.15, -0.1) is 6.42 Å². The fourth-order valence-electron chi connectivity index (χ4n) is 6.47. The zero-order valence-electron chi connectivity index (χ0n) is 20.5. The molecule has 0 bridgehead atoms. The average molecular weight is 464 g/mol. The summed E-state index contributed by atoms with van der Waals surface area (Å²) in [6.07, 6.45) is 13.9. The minimum absolute atomic E-state index is 0.0855. The molecule has 0 unspecified atom stereocenters. The zero-order valence-corrected chi connectivity index (χ0v) is 20.5. The van der Waals surface area contributed by atoms with Crippen molar-refractivity contribution in [1.82, 2.24) is 4.98 Å². The standard InChI is InChI=1S/C32H33NO2/c1-3-31(35)16-17-32(21-24-9-5-4-6-10-24)28(22-31)13-7-11-26-19-27(14-15-29(26)32)30(34)20-25-12-8-18-33-23(25)2/h1,4-6,8-10,12,14-15,18-19,28,35H,7,11,13,16-17,20-22H2,2H3/t28-,31-,32-/m0/s1. The van der Waals surface area contributed by atoms with Crippen molar-refractivity contribution in [2.75, 3.05) is 0 Å². The third-order valence-electron chi connectivity index (χ3n) is 8.41. The number of benzene rings is 2. The molecular weight excluding hydrogens is 430 g/mol. The summed E-state index contributed by atoms with van der Waals surface area (Å²) in [7, 11) is 0. The number of fused-ring (bicyclic) bond motifs is 3. The van der Waals surface area contributed by atoms with Crippen molar-refractivity contribution in [3.63, 3.8) is 0 Å². The van der Waals surface area contributed by atoms with Crippen LogP contribution in [0.4, 0.5) is 0 Å². The Balaban J connectivity index is 1.53. The summed E-state index contributed by atoms with van der Waals surface area (Å²) < 4.78 is 0. The van der Waals surface area contributed by atoms with E-state index in [1.807, 2.05) is 25.1 Å². The number of terminal acetylenes is 1. The van der Waals surface area contributed by atoms with Gasteiger partial charge in [-0.2, -0.15) is 0 Å². The zero-order chi connectivity index (χ0) is 24.5. The largest absolute Gasteiger partial charge is 0.378 e. The van der Waals surface area contributed by atoms with Crippen LogP contribution >= 0.6 is 0 Å². The Labute approximate surface area is 208 Å². The smallest absolute Gasteiger partial charge is 0.167 e. The van der Waals surface area contributed by atoms with E-state index in [9.17, 15) is 9.90 Å². The molecule has 0 amide bonds. The highest BCUT2D eigenvalue weighted by molar-refractivity contribution is 5.97. The molecule has 0 saturated heterocycles. The van der Waals surface area contributed by atoms with Gasteiger partial charge in [0.1, 0.15) is 5.60 Å². The van der Waals surface area contributed by atoms with Crippen LogP contribution in [-0.2, 0) is 24.7 Å². The van der Waals surface area contributed by atoms with Crippen LogP contribution in [0.3, 0.4) is 0 Å². The van der Waals surface area contributed by atoms with Gasteiger partial charge in [0, 0.05) is 29.3 Å². The first-order chi connectivity index (χ1) is 16.9. The van der Waals surface area contributed by atoms with E-state index in [1.54, 1.807) is 6.20 Å². The van der Waals surface area contributed by atoms with Gasteiger partial charge in [-0.05, 0) is 92.2 Å². The van der Waals surface area contributed by atoms with Gasteiger partial charge >= 0.3 is 0 Å². The molecule has 1 heterocycles. The van der Waals surface area contributed by atoms with Crippen LogP contribution in [0.15, 0.2) is 66.9 Å². The third-order valence-corrected chi connectivity index (χ3v) is 8.41. The summed E-state index contributed by atoms with van der Waals surface area (Å²) in [5, 5.41) is 11.0. The predicted molar refractivity (Wildman–Crippen MR) is 139 cm³/mol. The predicted octanol–water partition coefficient (Wildman–Crippen LogP) is 5.80. The number of pyridine rings is 1. The van der Waals surface area contributed by atoms with Crippen molar-refractivity contribution in [2.45, 2.75) is 69.3 Å². The summed E-state index contributed by atoms with van der Waals surface area (Å²) in [5.74, 6) is 3.13. The Morgan fingerprint density at radius 2 is 1.97 bits per heavy atom. The van der Waals surface area contributed by atoms with E-state index < -0.39 is 5.60 Å². The molecule has 0 spiro atoms. The van der Waals surface area contributed by atoms with Gasteiger partial charge < -0.3 is 5.11 Å². The number of hydrogen-bond acceptors (Lipinski definition) is 3. The third kappa shape index (κ3) is 4.56. The summed E-state index contributed by atoms with van der Waals surface area (Å²) in [6.45, 7) is 1.95. The lowest BCUT2D eigenvalue weighted by Crippen LogP contribution is -2.48. The highest BCUT2D eigenvalue weighted by Crippen LogP contribution is 2.53. The van der Waals surface area contributed by atoms with E-state index >= 15 is 0 Å². The fourth-order valence-corrected chi connectivity index (χ4v) is 6.47. The molecule has 1 aromatic heterocycles. The molecule has 35 heavy (non-hydrogen) atoms. The van der Waals surface area contributed by atoms with Crippen molar-refractivity contribution >= 4 is 5.78 Å². The topological polar surface area (TPSA) is 50.2 Å². The lowest BCUT2D eigenvalue weighted by Gasteiger charge is -2.49. The van der Waals surface area contributed by atoms with E-state index in [0.29, 0.717) is 25.2 Å². The summed E-state index contributed by atoms with van der Waals surface area (Å²) in [4.78, 5) is 17.6. The number of ketones is 1. The number of Topliss-reactive ketones (excluding diaryl/α,β-unsaturated/α-hetero) is 1. The van der Waals surface area contributed by atoms with Gasteiger partial charge in [-0.1, -0.05) is 54.5 Å². The van der Waals surface area contributed by atoms with E-state index in [-0.39, 0.29) is 11.2 Å². The van der Waals surface area contributed by atoms with Crippen LogP contribution in [0.25, 0.3) is 0 Å². The van der Waals surface area contributed by atoms with Crippen LogP contribution in [0.1, 0.15) is 70.4 Å². The molecule has 1 saturated carbocycles. The monoisotopic (exact) mass is 463 g/mol. The van der Waals surface area contributed by atoms with Crippen LogP contribution in [-0.4, -0.2) is 21.5 Å². The van der Waals surface area contributed by atoms with Crippen LogP contribution in [0.2, 0.25) is 0 Å². The van der Waals surface area contributed by atoms with Gasteiger partial charge in [-0.25, -0.2) is 0 Å². The quantitative estimate of drug-likeness (QED) is 0.384. The Bertz CT molecular complexity index is 1270. The number of rotatable bonds is 5. The lowest BCUT2D eigenvalue weighted by molar-refractivity contribution is -0.00344. The molecule has 1 fully saturated rings. The van der Waals surface area contributed by atoms with Crippen molar-refractivity contribution in [2.24, 2.45) is 5.92 Å². The summed E-state index contributed by atoms with van der Waals surface area (Å²) in [6, 6.07) is 20.9. The number of aryl methyl sites for hydroxylation is 2. The SMILES string of the molecule is C#C[C@]1(O)CC[C@@]2(Cc3ccccc3)c3ccc(C(=O)Cc4cccnc4C)cc3CCC[C@H]2C1. The van der Waals surface area contributed by atoms with Crippen molar-refractivity contribution in [3.05, 3.63) is 100 Å². The molecular formula is C32H33NO2. The highest BCUT2D eigenvalue weighted by atomic mass is 16.3. The molecule has 2 aromatic carbocycles. The normalized spacial score (nSPS) is 25.6. The molecule has 2 aliphatic carbocycles. The number of carbonyl (C=O) groups excluding carboxylic acids is 1. The second-order valence-electron chi connectivity index (χ2n) is 10.5. The average Bonchev–Trinajstić information content (AvgIpc) is 3.02. The highest BCUT2D eigenvalue weighted by Gasteiger charge is 2.50. The first-order valence-corrected chi connectivity index (χ1v) is 12.7. The molecule has 3 heteroatoms. The van der Waals surface area contributed by atoms with E-state index in [4.69, 9.17) is 6.42 Å². The van der Waals surface area contributed by atoms with Gasteiger partial charge in [0.2, 0.25) is 0 Å². The summed E-state index contributed by atoms with van der Waals surface area (Å²) in [5.41, 5.74) is 5.49. The molecule has 178 valence electrons. The molecule has 0 radical (unpaired) electrons. The van der Waals surface area contributed by atoms with Gasteiger partial charge in [0.15, 0.2) is 5.78 Å². The Morgan fingerprint density at radius 1 is 1.14 bits per heavy atom. The molecule has 2 aliphatic rings. The van der Waals surface area contributed by atoms with Crippen LogP contribution in [0.5, 0.6) is 0 Å². The van der Waals surface area contributed by atoms with E-state index in [1.165, 1.54) is 16.7 Å². The second kappa shape index (κ2) is 9.44. The molecule has 1 N–H and O–H groups in total. The number of aliphatic hydroxyl groups is 1. The Morgan fingerprint density at radius 3 is 2.74 bits per heavy atom. The van der Waals surface area contributed by atoms with Crippen molar-refractivity contribution in [3.8, 4) is 12.3 Å². The number of aromatic nitrogens is 1. The van der Waals surface area contributed by atoms with E-state index in [2.05, 4.69) is 53.4 Å².